The quantitative estimate of drug-likeness (QED) is 0.637. The fraction of sp³-hybridized carbons (Fsp3) is 0.429. The van der Waals surface area contributed by atoms with Crippen LogP contribution in [0.4, 0.5) is 0 Å². The standard InChI is InChI=1S/C21H27ClN2O4S2/c1-17-9-11-20(12-10-17)30(27,28)24-15-5-4-7-19(24)13-14-23-29(25,26)16-18-6-2-3-8-21(18)22/h2-3,6,8-12,19,23H,4-5,7,13-16H2,1H3. The number of hydrogen-bond donors (Lipinski definition) is 1. The first-order valence-corrected chi connectivity index (χ1v) is 13.5. The lowest BCUT2D eigenvalue weighted by molar-refractivity contribution is 0.242. The number of nitrogens with zero attached hydrogens (tertiary/aromatic N) is 1. The summed E-state index contributed by atoms with van der Waals surface area (Å²) in [7, 11) is -7.18. The average molecular weight is 471 g/mol. The Bertz CT molecular complexity index is 1070. The van der Waals surface area contributed by atoms with Gasteiger partial charge in [0.05, 0.1) is 10.6 Å². The summed E-state index contributed by atoms with van der Waals surface area (Å²) in [6.07, 6.45) is 2.88. The van der Waals surface area contributed by atoms with Gasteiger partial charge in [-0.05, 0) is 49.9 Å². The number of aryl methyl sites for hydroxylation is 1. The summed E-state index contributed by atoms with van der Waals surface area (Å²) >= 11 is 6.06. The number of nitrogens with one attached hydrogen (secondary N) is 1. The Morgan fingerprint density at radius 1 is 1.03 bits per heavy atom. The molecule has 1 heterocycles. The molecule has 0 spiro atoms. The molecule has 1 unspecified atom stereocenters. The van der Waals surface area contributed by atoms with Crippen molar-refractivity contribution in [2.45, 2.75) is 49.3 Å². The first-order valence-electron chi connectivity index (χ1n) is 9.98. The molecule has 0 aliphatic carbocycles. The van der Waals surface area contributed by atoms with Gasteiger partial charge in [0.25, 0.3) is 0 Å². The van der Waals surface area contributed by atoms with Gasteiger partial charge in [0.15, 0.2) is 0 Å². The number of sulfonamides is 2. The Morgan fingerprint density at radius 3 is 2.43 bits per heavy atom. The van der Waals surface area contributed by atoms with Crippen molar-refractivity contribution in [1.29, 1.82) is 0 Å². The van der Waals surface area contributed by atoms with E-state index in [4.69, 9.17) is 11.6 Å². The number of benzene rings is 2. The predicted octanol–water partition coefficient (Wildman–Crippen LogP) is 3.70. The molecule has 2 aromatic carbocycles. The average Bonchev–Trinajstić information content (AvgIpc) is 2.70. The molecule has 2 aromatic rings. The van der Waals surface area contributed by atoms with Crippen LogP contribution >= 0.6 is 11.6 Å². The highest BCUT2D eigenvalue weighted by Gasteiger charge is 2.33. The SMILES string of the molecule is Cc1ccc(S(=O)(=O)N2CCCCC2CCNS(=O)(=O)Cc2ccccc2Cl)cc1. The van der Waals surface area contributed by atoms with Gasteiger partial charge in [0, 0.05) is 24.2 Å². The van der Waals surface area contributed by atoms with E-state index in [2.05, 4.69) is 4.72 Å². The maximum absolute atomic E-state index is 13.1. The lowest BCUT2D eigenvalue weighted by atomic mass is 10.0. The van der Waals surface area contributed by atoms with Crippen LogP contribution in [0.2, 0.25) is 5.02 Å². The first kappa shape index (κ1) is 23.2. The van der Waals surface area contributed by atoms with Gasteiger partial charge in [0.1, 0.15) is 0 Å². The molecule has 1 N–H and O–H groups in total. The third-order valence-electron chi connectivity index (χ3n) is 5.30. The van der Waals surface area contributed by atoms with Crippen LogP contribution in [-0.2, 0) is 25.8 Å². The summed E-state index contributed by atoms with van der Waals surface area (Å²) in [5.41, 5.74) is 1.53. The van der Waals surface area contributed by atoms with E-state index in [1.54, 1.807) is 48.5 Å². The molecule has 30 heavy (non-hydrogen) atoms. The van der Waals surface area contributed by atoms with E-state index in [1.807, 2.05) is 6.92 Å². The molecule has 164 valence electrons. The topological polar surface area (TPSA) is 83.6 Å². The van der Waals surface area contributed by atoms with Crippen LogP contribution in [-0.4, -0.2) is 40.3 Å². The van der Waals surface area contributed by atoms with E-state index in [1.165, 1.54) is 4.31 Å². The van der Waals surface area contributed by atoms with E-state index in [0.29, 0.717) is 23.6 Å². The Morgan fingerprint density at radius 2 is 1.73 bits per heavy atom. The van der Waals surface area contributed by atoms with E-state index in [9.17, 15) is 16.8 Å². The minimum Gasteiger partial charge on any atom is -0.215 e. The molecule has 0 bridgehead atoms. The van der Waals surface area contributed by atoms with Crippen molar-refractivity contribution in [3.8, 4) is 0 Å². The van der Waals surface area contributed by atoms with Crippen molar-refractivity contribution in [3.63, 3.8) is 0 Å². The summed E-state index contributed by atoms with van der Waals surface area (Å²) < 4.78 is 55.2. The fourth-order valence-electron chi connectivity index (χ4n) is 3.68. The van der Waals surface area contributed by atoms with Crippen molar-refractivity contribution < 1.29 is 16.8 Å². The maximum Gasteiger partial charge on any atom is 0.243 e. The third kappa shape index (κ3) is 5.82. The normalized spacial score (nSPS) is 18.4. The van der Waals surface area contributed by atoms with Crippen LogP contribution in [0.15, 0.2) is 53.4 Å². The van der Waals surface area contributed by atoms with Gasteiger partial charge >= 0.3 is 0 Å². The number of hydrogen-bond acceptors (Lipinski definition) is 4. The Kier molecular flexibility index (Phi) is 7.57. The summed E-state index contributed by atoms with van der Waals surface area (Å²) in [6, 6.07) is 13.4. The highest BCUT2D eigenvalue weighted by atomic mass is 35.5. The van der Waals surface area contributed by atoms with Crippen LogP contribution in [0.5, 0.6) is 0 Å². The lowest BCUT2D eigenvalue weighted by Crippen LogP contribution is -2.45. The molecule has 0 aromatic heterocycles. The van der Waals surface area contributed by atoms with Crippen molar-refractivity contribution >= 4 is 31.6 Å². The number of rotatable bonds is 8. The van der Waals surface area contributed by atoms with Crippen LogP contribution in [0.1, 0.15) is 36.8 Å². The molecule has 9 heteroatoms. The van der Waals surface area contributed by atoms with Gasteiger partial charge in [0.2, 0.25) is 20.0 Å². The molecule has 1 saturated heterocycles. The Labute approximate surface area is 184 Å². The molecule has 0 amide bonds. The Balaban J connectivity index is 1.64. The molecular formula is C21H27ClN2O4S2. The first-order chi connectivity index (χ1) is 14.2. The van der Waals surface area contributed by atoms with E-state index in [-0.39, 0.29) is 23.2 Å². The molecule has 1 fully saturated rings. The van der Waals surface area contributed by atoms with Gasteiger partial charge in [-0.25, -0.2) is 21.6 Å². The fourth-order valence-corrected chi connectivity index (χ4v) is 6.87. The van der Waals surface area contributed by atoms with E-state index in [0.717, 1.165) is 24.8 Å². The molecule has 1 atom stereocenters. The van der Waals surface area contributed by atoms with Crippen LogP contribution in [0.3, 0.4) is 0 Å². The van der Waals surface area contributed by atoms with Crippen LogP contribution in [0.25, 0.3) is 0 Å². The summed E-state index contributed by atoms with van der Waals surface area (Å²) in [5.74, 6) is -0.206. The highest BCUT2D eigenvalue weighted by molar-refractivity contribution is 7.89. The van der Waals surface area contributed by atoms with Crippen molar-refractivity contribution in [2.24, 2.45) is 0 Å². The second kappa shape index (κ2) is 9.78. The zero-order chi connectivity index (χ0) is 21.8. The highest BCUT2D eigenvalue weighted by Crippen LogP contribution is 2.27. The van der Waals surface area contributed by atoms with Gasteiger partial charge < -0.3 is 0 Å². The van der Waals surface area contributed by atoms with Crippen molar-refractivity contribution in [2.75, 3.05) is 13.1 Å². The van der Waals surface area contributed by atoms with Gasteiger partial charge in [-0.1, -0.05) is 53.9 Å². The molecule has 1 aliphatic heterocycles. The molecule has 0 radical (unpaired) electrons. The van der Waals surface area contributed by atoms with Gasteiger partial charge in [-0.3, -0.25) is 0 Å². The molecule has 1 aliphatic rings. The monoisotopic (exact) mass is 470 g/mol. The van der Waals surface area contributed by atoms with Crippen molar-refractivity contribution in [3.05, 3.63) is 64.7 Å². The van der Waals surface area contributed by atoms with Crippen LogP contribution < -0.4 is 4.72 Å². The number of halogens is 1. The second-order valence-corrected chi connectivity index (χ2v) is 11.7. The third-order valence-corrected chi connectivity index (χ3v) is 8.97. The summed E-state index contributed by atoms with van der Waals surface area (Å²) in [5, 5.41) is 0.408. The zero-order valence-corrected chi connectivity index (χ0v) is 19.3. The predicted molar refractivity (Wildman–Crippen MR) is 119 cm³/mol. The van der Waals surface area contributed by atoms with Gasteiger partial charge in [-0.2, -0.15) is 4.31 Å². The van der Waals surface area contributed by atoms with E-state index < -0.39 is 20.0 Å². The zero-order valence-electron chi connectivity index (χ0n) is 16.9. The van der Waals surface area contributed by atoms with Gasteiger partial charge in [-0.15, -0.1) is 0 Å². The largest absolute Gasteiger partial charge is 0.243 e. The minimum absolute atomic E-state index is 0.178. The molecule has 6 nitrogen and oxygen atoms in total. The molecule has 3 rings (SSSR count). The smallest absolute Gasteiger partial charge is 0.215 e. The number of piperidine rings is 1. The maximum atomic E-state index is 13.1. The second-order valence-electron chi connectivity index (χ2n) is 7.61. The summed E-state index contributed by atoms with van der Waals surface area (Å²) in [4.78, 5) is 0.277. The van der Waals surface area contributed by atoms with Crippen molar-refractivity contribution in [1.82, 2.24) is 9.03 Å². The van der Waals surface area contributed by atoms with Crippen LogP contribution in [0, 0.1) is 6.92 Å². The lowest BCUT2D eigenvalue weighted by Gasteiger charge is -2.34. The molecule has 0 saturated carbocycles. The molecular weight excluding hydrogens is 444 g/mol. The summed E-state index contributed by atoms with van der Waals surface area (Å²) in [6.45, 7) is 2.54. The Hall–Kier alpha value is -1.45. The van der Waals surface area contributed by atoms with E-state index >= 15 is 0 Å². The minimum atomic E-state index is -3.61.